The van der Waals surface area contributed by atoms with Crippen LogP contribution in [-0.4, -0.2) is 42.6 Å². The van der Waals surface area contributed by atoms with Crippen LogP contribution >= 0.6 is 15.9 Å². The van der Waals surface area contributed by atoms with E-state index in [4.69, 9.17) is 4.74 Å². The maximum atomic E-state index is 5.47. The van der Waals surface area contributed by atoms with Crippen molar-refractivity contribution in [3.8, 4) is 0 Å². The van der Waals surface area contributed by atoms with Gasteiger partial charge in [-0.1, -0.05) is 22.9 Å². The van der Waals surface area contributed by atoms with E-state index in [1.54, 1.807) is 0 Å². The Bertz CT molecular complexity index is 117. The van der Waals surface area contributed by atoms with Crippen molar-refractivity contribution < 1.29 is 4.74 Å². The van der Waals surface area contributed by atoms with Gasteiger partial charge in [-0.3, -0.25) is 0 Å². The minimum absolute atomic E-state index is 0.350. The SMILES string of the molecule is CC(Br)CCN(C)CCOC(C)C. The molecule has 0 saturated carbocycles. The fourth-order valence-electron chi connectivity index (χ4n) is 0.954. The Morgan fingerprint density at radius 3 is 2.31 bits per heavy atom. The topological polar surface area (TPSA) is 12.5 Å². The summed E-state index contributed by atoms with van der Waals surface area (Å²) < 4.78 is 5.47. The lowest BCUT2D eigenvalue weighted by molar-refractivity contribution is 0.0637. The zero-order valence-electron chi connectivity index (χ0n) is 9.22. The van der Waals surface area contributed by atoms with E-state index in [0.29, 0.717) is 10.9 Å². The van der Waals surface area contributed by atoms with Gasteiger partial charge in [0.05, 0.1) is 12.7 Å². The van der Waals surface area contributed by atoms with Gasteiger partial charge in [0, 0.05) is 11.4 Å². The summed E-state index contributed by atoms with van der Waals surface area (Å²) in [5.74, 6) is 0. The second kappa shape index (κ2) is 7.77. The minimum atomic E-state index is 0.350. The molecule has 13 heavy (non-hydrogen) atoms. The zero-order valence-corrected chi connectivity index (χ0v) is 10.8. The van der Waals surface area contributed by atoms with Gasteiger partial charge < -0.3 is 9.64 Å². The molecule has 0 fully saturated rings. The van der Waals surface area contributed by atoms with Gasteiger partial charge in [0.15, 0.2) is 0 Å². The lowest BCUT2D eigenvalue weighted by atomic mass is 10.3. The summed E-state index contributed by atoms with van der Waals surface area (Å²) in [6.07, 6.45) is 1.54. The van der Waals surface area contributed by atoms with E-state index in [0.717, 1.165) is 19.7 Å². The normalized spacial score (nSPS) is 14.1. The van der Waals surface area contributed by atoms with Crippen molar-refractivity contribution in [2.75, 3.05) is 26.7 Å². The van der Waals surface area contributed by atoms with Crippen LogP contribution in [0.2, 0.25) is 0 Å². The molecule has 2 nitrogen and oxygen atoms in total. The molecule has 0 heterocycles. The van der Waals surface area contributed by atoms with Gasteiger partial charge >= 0.3 is 0 Å². The Labute approximate surface area is 90.8 Å². The smallest absolute Gasteiger partial charge is 0.0596 e. The molecular weight excluding hydrogens is 230 g/mol. The highest BCUT2D eigenvalue weighted by atomic mass is 79.9. The number of ether oxygens (including phenoxy) is 1. The van der Waals surface area contributed by atoms with Gasteiger partial charge in [-0.15, -0.1) is 0 Å². The highest BCUT2D eigenvalue weighted by Gasteiger charge is 2.01. The second-order valence-electron chi connectivity index (χ2n) is 3.79. The Hall–Kier alpha value is 0.400. The first-order valence-corrected chi connectivity index (χ1v) is 5.88. The van der Waals surface area contributed by atoms with Crippen LogP contribution in [0.3, 0.4) is 0 Å². The van der Waals surface area contributed by atoms with Crippen LogP contribution in [0.15, 0.2) is 0 Å². The van der Waals surface area contributed by atoms with Crippen LogP contribution in [0.4, 0.5) is 0 Å². The first-order valence-electron chi connectivity index (χ1n) is 4.96. The average Bonchev–Trinajstić information content (AvgIpc) is 2.00. The molecule has 0 bridgehead atoms. The van der Waals surface area contributed by atoms with Crippen LogP contribution in [-0.2, 0) is 4.74 Å². The number of hydrogen-bond donors (Lipinski definition) is 0. The molecule has 0 amide bonds. The van der Waals surface area contributed by atoms with Crippen LogP contribution in [0.5, 0.6) is 0 Å². The number of alkyl halides is 1. The second-order valence-corrected chi connectivity index (χ2v) is 5.36. The summed E-state index contributed by atoms with van der Waals surface area (Å²) in [5.41, 5.74) is 0. The summed E-state index contributed by atoms with van der Waals surface area (Å²) >= 11 is 3.54. The molecule has 0 saturated heterocycles. The van der Waals surface area contributed by atoms with Gasteiger partial charge in [0.1, 0.15) is 0 Å². The molecule has 0 aliphatic heterocycles. The third-order valence-corrected chi connectivity index (χ3v) is 2.29. The van der Waals surface area contributed by atoms with E-state index >= 15 is 0 Å². The van der Waals surface area contributed by atoms with Crippen LogP contribution in [0.1, 0.15) is 27.2 Å². The fraction of sp³-hybridized carbons (Fsp3) is 1.00. The third-order valence-electron chi connectivity index (χ3n) is 1.83. The molecule has 1 atom stereocenters. The number of rotatable bonds is 7. The predicted octanol–water partition coefficient (Wildman–Crippen LogP) is 2.52. The maximum absolute atomic E-state index is 5.47. The summed E-state index contributed by atoms with van der Waals surface area (Å²) in [7, 11) is 2.14. The van der Waals surface area contributed by atoms with Crippen molar-refractivity contribution in [3.63, 3.8) is 0 Å². The molecule has 0 aliphatic carbocycles. The van der Waals surface area contributed by atoms with Gasteiger partial charge in [0.2, 0.25) is 0 Å². The van der Waals surface area contributed by atoms with E-state index in [1.165, 1.54) is 6.42 Å². The molecule has 0 N–H and O–H groups in total. The number of nitrogens with zero attached hydrogens (tertiary/aromatic N) is 1. The highest BCUT2D eigenvalue weighted by Crippen LogP contribution is 2.03. The molecule has 0 spiro atoms. The summed E-state index contributed by atoms with van der Waals surface area (Å²) in [6, 6.07) is 0. The molecule has 1 unspecified atom stereocenters. The largest absolute Gasteiger partial charge is 0.377 e. The van der Waals surface area contributed by atoms with Crippen LogP contribution < -0.4 is 0 Å². The Balaban J connectivity index is 3.25. The number of halogens is 1. The predicted molar refractivity (Wildman–Crippen MR) is 61.6 cm³/mol. The lowest BCUT2D eigenvalue weighted by Gasteiger charge is -2.18. The van der Waals surface area contributed by atoms with Gasteiger partial charge in [-0.2, -0.15) is 0 Å². The standard InChI is InChI=1S/C10H22BrNO/c1-9(2)13-8-7-12(4)6-5-10(3)11/h9-10H,5-8H2,1-4H3. The molecule has 0 aromatic carbocycles. The number of hydrogen-bond acceptors (Lipinski definition) is 2. The Kier molecular flexibility index (Phi) is 8.01. The quantitative estimate of drug-likeness (QED) is 0.645. The van der Waals surface area contributed by atoms with E-state index in [2.05, 4.69) is 48.6 Å². The molecule has 0 rings (SSSR count). The first-order chi connectivity index (χ1) is 6.02. The van der Waals surface area contributed by atoms with Crippen LogP contribution in [0, 0.1) is 0 Å². The van der Waals surface area contributed by atoms with E-state index in [1.807, 2.05) is 0 Å². The third kappa shape index (κ3) is 10.3. The van der Waals surface area contributed by atoms with Crippen molar-refractivity contribution >= 4 is 15.9 Å². The minimum Gasteiger partial charge on any atom is -0.377 e. The monoisotopic (exact) mass is 251 g/mol. The fourth-order valence-corrected chi connectivity index (χ4v) is 1.16. The highest BCUT2D eigenvalue weighted by molar-refractivity contribution is 9.09. The van der Waals surface area contributed by atoms with Crippen molar-refractivity contribution in [2.24, 2.45) is 0 Å². The molecule has 0 radical (unpaired) electrons. The van der Waals surface area contributed by atoms with Crippen molar-refractivity contribution in [1.29, 1.82) is 0 Å². The van der Waals surface area contributed by atoms with E-state index in [-0.39, 0.29) is 0 Å². The van der Waals surface area contributed by atoms with Gasteiger partial charge in [0.25, 0.3) is 0 Å². The van der Waals surface area contributed by atoms with E-state index in [9.17, 15) is 0 Å². The molecule has 0 aliphatic rings. The van der Waals surface area contributed by atoms with E-state index < -0.39 is 0 Å². The van der Waals surface area contributed by atoms with Gasteiger partial charge in [-0.05, 0) is 33.9 Å². The molecule has 80 valence electrons. The van der Waals surface area contributed by atoms with Crippen molar-refractivity contribution in [2.45, 2.75) is 38.1 Å². The summed E-state index contributed by atoms with van der Waals surface area (Å²) in [4.78, 5) is 2.92. The number of likely N-dealkylation sites (N-methyl/N-ethyl adjacent to an activating group) is 1. The maximum Gasteiger partial charge on any atom is 0.0596 e. The molecule has 3 heteroatoms. The van der Waals surface area contributed by atoms with Crippen molar-refractivity contribution in [3.05, 3.63) is 0 Å². The zero-order chi connectivity index (χ0) is 10.3. The van der Waals surface area contributed by atoms with Gasteiger partial charge in [-0.25, -0.2) is 0 Å². The molecular formula is C10H22BrNO. The van der Waals surface area contributed by atoms with Crippen molar-refractivity contribution in [1.82, 2.24) is 4.90 Å². The molecule has 0 aromatic rings. The van der Waals surface area contributed by atoms with Crippen LogP contribution in [0.25, 0.3) is 0 Å². The Morgan fingerprint density at radius 1 is 1.23 bits per heavy atom. The Morgan fingerprint density at radius 2 is 1.85 bits per heavy atom. The summed E-state index contributed by atoms with van der Waals surface area (Å²) in [6.45, 7) is 9.32. The average molecular weight is 252 g/mol. The molecule has 0 aromatic heterocycles. The summed E-state index contributed by atoms with van der Waals surface area (Å²) in [5, 5.41) is 0. The first kappa shape index (κ1) is 13.4. The lowest BCUT2D eigenvalue weighted by Crippen LogP contribution is -2.26.